The quantitative estimate of drug-likeness (QED) is 0.130. The molecule has 0 unspecified atom stereocenters. The molecule has 258 valence electrons. The molecule has 1 aliphatic rings. The first kappa shape index (κ1) is 35.5. The molecule has 0 saturated heterocycles. The van der Waals surface area contributed by atoms with Crippen molar-refractivity contribution >= 4 is 11.7 Å². The van der Waals surface area contributed by atoms with Crippen molar-refractivity contribution in [3.8, 4) is 11.5 Å². The van der Waals surface area contributed by atoms with Gasteiger partial charge in [0.15, 0.2) is 0 Å². The molecule has 0 bridgehead atoms. The van der Waals surface area contributed by atoms with Crippen molar-refractivity contribution in [2.24, 2.45) is 4.99 Å². The Balaban J connectivity index is 1.62. The summed E-state index contributed by atoms with van der Waals surface area (Å²) in [6, 6.07) is 23.7. The molecule has 0 atom stereocenters. The van der Waals surface area contributed by atoms with E-state index in [1.165, 1.54) is 36.4 Å². The van der Waals surface area contributed by atoms with E-state index in [1.807, 2.05) is 0 Å². The highest BCUT2D eigenvalue weighted by atomic mass is 19.4. The molecule has 0 amide bonds. The summed E-state index contributed by atoms with van der Waals surface area (Å²) in [5.74, 6) is -1.31. The van der Waals surface area contributed by atoms with Gasteiger partial charge in [-0.15, -0.1) is 0 Å². The number of nitrogens with zero attached hydrogens (tertiary/aromatic N) is 1. The van der Waals surface area contributed by atoms with Crippen LogP contribution in [0.3, 0.4) is 0 Å². The van der Waals surface area contributed by atoms with Gasteiger partial charge in [-0.1, -0.05) is 72.8 Å². The molecule has 0 saturated carbocycles. The van der Waals surface area contributed by atoms with Gasteiger partial charge in [0, 0.05) is 0 Å². The second kappa shape index (κ2) is 14.0. The standard InChI is InChI=1S/C38H35F6NO4/c1-35(2,3)49-34(46)31-19-12-22-36(45-31,27-15-6-4-13-25(27)23-47-32-20-10-8-17-29(32)37(39,40)41)28-16-7-5-14-26(28)24-48-33-21-11-9-18-30(33)38(42,43)44/h4-11,13-18,20-21H,12,19,22-24H2,1-3H3. The van der Waals surface area contributed by atoms with Crippen LogP contribution in [-0.2, 0) is 40.6 Å². The third-order valence-corrected chi connectivity index (χ3v) is 7.99. The van der Waals surface area contributed by atoms with Crippen LogP contribution in [0.15, 0.2) is 102 Å². The molecule has 5 nitrogen and oxygen atoms in total. The maximum absolute atomic E-state index is 13.8. The van der Waals surface area contributed by atoms with Crippen LogP contribution in [-0.4, -0.2) is 17.3 Å². The number of rotatable bonds is 9. The van der Waals surface area contributed by atoms with Gasteiger partial charge in [0.25, 0.3) is 0 Å². The summed E-state index contributed by atoms with van der Waals surface area (Å²) in [6.07, 6.45) is -8.12. The zero-order valence-electron chi connectivity index (χ0n) is 27.1. The maximum Gasteiger partial charge on any atom is 0.419 e. The lowest BCUT2D eigenvalue weighted by Gasteiger charge is -2.38. The van der Waals surface area contributed by atoms with Gasteiger partial charge in [-0.3, -0.25) is 4.99 Å². The van der Waals surface area contributed by atoms with Gasteiger partial charge in [0.2, 0.25) is 0 Å². The predicted octanol–water partition coefficient (Wildman–Crippen LogP) is 10.1. The van der Waals surface area contributed by atoms with Crippen LogP contribution in [0, 0.1) is 0 Å². The van der Waals surface area contributed by atoms with Crippen molar-refractivity contribution in [1.82, 2.24) is 0 Å². The average Bonchev–Trinajstić information content (AvgIpc) is 3.05. The number of aliphatic imine (C=N–C) groups is 1. The topological polar surface area (TPSA) is 57.1 Å². The SMILES string of the molecule is CC(C)(C)OC(=O)C1=NC(c2ccccc2COc2ccccc2C(F)(F)F)(c2ccccc2COc2ccccc2C(F)(F)F)CCC1. The summed E-state index contributed by atoms with van der Waals surface area (Å²) >= 11 is 0. The Morgan fingerprint density at radius 2 is 1.10 bits per heavy atom. The van der Waals surface area contributed by atoms with Gasteiger partial charge in [-0.25, -0.2) is 4.79 Å². The minimum absolute atomic E-state index is 0.164. The smallest absolute Gasteiger partial charge is 0.419 e. The third-order valence-electron chi connectivity index (χ3n) is 7.99. The van der Waals surface area contributed by atoms with Crippen LogP contribution in [0.1, 0.15) is 73.4 Å². The number of benzene rings is 4. The fourth-order valence-electron chi connectivity index (χ4n) is 5.94. The Morgan fingerprint density at radius 1 is 0.673 bits per heavy atom. The zero-order valence-corrected chi connectivity index (χ0v) is 27.1. The highest BCUT2D eigenvalue weighted by Crippen LogP contribution is 2.46. The average molecular weight is 684 g/mol. The number of ether oxygens (including phenoxy) is 3. The van der Waals surface area contributed by atoms with Crippen molar-refractivity contribution in [3.63, 3.8) is 0 Å². The fraction of sp³-hybridized carbons (Fsp3) is 0.316. The number of hydrogen-bond donors (Lipinski definition) is 0. The molecule has 0 aliphatic carbocycles. The van der Waals surface area contributed by atoms with Crippen molar-refractivity contribution < 1.29 is 45.3 Å². The molecule has 0 fully saturated rings. The number of carbonyl (C=O) groups is 1. The first-order valence-electron chi connectivity index (χ1n) is 15.7. The van der Waals surface area contributed by atoms with Gasteiger partial charge < -0.3 is 14.2 Å². The summed E-state index contributed by atoms with van der Waals surface area (Å²) < 4.78 is 99.9. The molecule has 49 heavy (non-hydrogen) atoms. The van der Waals surface area contributed by atoms with Gasteiger partial charge in [0.05, 0.1) is 11.1 Å². The molecule has 0 aromatic heterocycles. The van der Waals surface area contributed by atoms with Gasteiger partial charge in [-0.2, -0.15) is 26.3 Å². The van der Waals surface area contributed by atoms with Gasteiger partial charge in [0.1, 0.15) is 41.6 Å². The predicted molar refractivity (Wildman–Crippen MR) is 172 cm³/mol. The number of hydrogen-bond acceptors (Lipinski definition) is 5. The Kier molecular flexibility index (Phi) is 10.1. The van der Waals surface area contributed by atoms with E-state index in [4.69, 9.17) is 19.2 Å². The Hall–Kier alpha value is -4.80. The maximum atomic E-state index is 13.8. The molecule has 4 aromatic rings. The van der Waals surface area contributed by atoms with Gasteiger partial charge >= 0.3 is 18.3 Å². The molecule has 5 rings (SSSR count). The van der Waals surface area contributed by atoms with E-state index in [1.54, 1.807) is 69.3 Å². The molecule has 0 radical (unpaired) electrons. The fourth-order valence-corrected chi connectivity index (χ4v) is 5.94. The van der Waals surface area contributed by atoms with E-state index >= 15 is 0 Å². The van der Waals surface area contributed by atoms with Crippen molar-refractivity contribution in [1.29, 1.82) is 0 Å². The molecule has 0 N–H and O–H groups in total. The number of halogens is 6. The molecule has 1 aliphatic heterocycles. The van der Waals surface area contributed by atoms with E-state index in [9.17, 15) is 31.1 Å². The second-order valence-electron chi connectivity index (χ2n) is 12.7. The van der Waals surface area contributed by atoms with Crippen LogP contribution in [0.2, 0.25) is 0 Å². The summed E-state index contributed by atoms with van der Waals surface area (Å²) in [7, 11) is 0. The first-order chi connectivity index (χ1) is 23.1. The Bertz CT molecular complexity index is 1720. The minimum Gasteiger partial charge on any atom is -0.488 e. The van der Waals surface area contributed by atoms with Crippen molar-refractivity contribution in [3.05, 3.63) is 130 Å². The lowest BCUT2D eigenvalue weighted by atomic mass is 9.74. The van der Waals surface area contributed by atoms with Crippen LogP contribution < -0.4 is 9.47 Å². The molecular formula is C38H35F6NO4. The summed E-state index contributed by atoms with van der Waals surface area (Å²) in [6.45, 7) is 4.68. The summed E-state index contributed by atoms with van der Waals surface area (Å²) in [5, 5.41) is 0. The largest absolute Gasteiger partial charge is 0.488 e. The van der Waals surface area contributed by atoms with Crippen molar-refractivity contribution in [2.45, 2.75) is 76.7 Å². The number of alkyl halides is 6. The molecule has 11 heteroatoms. The first-order valence-corrected chi connectivity index (χ1v) is 15.7. The monoisotopic (exact) mass is 683 g/mol. The second-order valence-corrected chi connectivity index (χ2v) is 12.7. The van der Waals surface area contributed by atoms with Crippen LogP contribution in [0.4, 0.5) is 26.3 Å². The van der Waals surface area contributed by atoms with E-state index in [0.29, 0.717) is 41.5 Å². The van der Waals surface area contributed by atoms with Crippen LogP contribution in [0.5, 0.6) is 11.5 Å². The van der Waals surface area contributed by atoms with E-state index in [0.717, 1.165) is 12.1 Å². The lowest BCUT2D eigenvalue weighted by Crippen LogP contribution is -2.37. The summed E-state index contributed by atoms with van der Waals surface area (Å²) in [4.78, 5) is 18.5. The highest BCUT2D eigenvalue weighted by molar-refractivity contribution is 6.36. The Morgan fingerprint density at radius 3 is 1.55 bits per heavy atom. The zero-order chi connectivity index (χ0) is 35.5. The molecule has 0 spiro atoms. The van der Waals surface area contributed by atoms with E-state index in [-0.39, 0.29) is 30.4 Å². The van der Waals surface area contributed by atoms with Crippen molar-refractivity contribution in [2.75, 3.05) is 0 Å². The third kappa shape index (κ3) is 8.26. The van der Waals surface area contributed by atoms with E-state index < -0.39 is 40.6 Å². The minimum atomic E-state index is -4.64. The highest BCUT2D eigenvalue weighted by Gasteiger charge is 2.42. The molecule has 1 heterocycles. The number of carbonyl (C=O) groups excluding carboxylic acids is 1. The van der Waals surface area contributed by atoms with Gasteiger partial charge in [-0.05, 0) is 86.6 Å². The molecular weight excluding hydrogens is 648 g/mol. The Labute approximate surface area is 280 Å². The van der Waals surface area contributed by atoms with Crippen LogP contribution >= 0.6 is 0 Å². The number of para-hydroxylation sites is 2. The lowest BCUT2D eigenvalue weighted by molar-refractivity contribution is -0.146. The normalized spacial score (nSPS) is 14.9. The summed E-state index contributed by atoms with van der Waals surface area (Å²) in [5.41, 5.74) is -1.66. The number of esters is 1. The van der Waals surface area contributed by atoms with Crippen LogP contribution in [0.25, 0.3) is 0 Å². The van der Waals surface area contributed by atoms with E-state index in [2.05, 4.69) is 0 Å². The molecule has 4 aromatic carbocycles.